The minimum Gasteiger partial charge on any atom is -0.252 e. The number of hydrogen-bond acceptors (Lipinski definition) is 1. The van der Waals surface area contributed by atoms with Crippen LogP contribution in [0.1, 0.15) is 11.3 Å². The molecule has 0 spiro atoms. The molecule has 1 heteroatoms. The summed E-state index contributed by atoms with van der Waals surface area (Å²) in [6.07, 6.45) is 1.63. The van der Waals surface area contributed by atoms with Gasteiger partial charge in [0, 0.05) is 11.3 Å². The number of aryl methyl sites for hydroxylation is 1. The Morgan fingerprint density at radius 1 is 1.50 bits per heavy atom. The fraction of sp³-hybridized carbons (Fsp3) is 0.286. The topological polar surface area (TPSA) is 12.9 Å². The lowest BCUT2D eigenvalue weighted by Crippen LogP contribution is -1.79. The molecule has 0 saturated heterocycles. The molecular weight excluding hydrogens is 98.1 g/mol. The molecule has 0 unspecified atom stereocenters. The molecule has 0 amide bonds. The predicted molar refractivity (Wildman–Crippen MR) is 31.4 cm³/mol. The first-order chi connectivity index (χ1) is 3.80. The lowest BCUT2D eigenvalue weighted by atomic mass is 10.3. The molecule has 1 rings (SSSR count). The summed E-state index contributed by atoms with van der Waals surface area (Å²) in [6, 6.07) is 5.68. The van der Waals surface area contributed by atoms with Crippen LogP contribution in [0.4, 0.5) is 0 Å². The third kappa shape index (κ3) is 0.788. The van der Waals surface area contributed by atoms with Crippen LogP contribution in [0.2, 0.25) is 0 Å². The zero-order valence-electron chi connectivity index (χ0n) is 5.02. The average molecular weight is 105 g/mol. The van der Waals surface area contributed by atoms with Gasteiger partial charge in [0.2, 0.25) is 0 Å². The third-order valence-corrected chi connectivity index (χ3v) is 1.13. The Labute approximate surface area is 49.4 Å². The van der Waals surface area contributed by atoms with Gasteiger partial charge in [-0.1, -0.05) is 6.07 Å². The van der Waals surface area contributed by atoms with E-state index in [1.807, 2.05) is 13.8 Å². The highest BCUT2D eigenvalue weighted by atomic mass is 14.6. The Hall–Kier alpha value is -1.03. The number of hydrogen-bond donors (Lipinski definition) is 0. The van der Waals surface area contributed by atoms with Crippen LogP contribution in [-0.2, 0) is 0 Å². The maximum absolute atomic E-state index is 3.99. The van der Waals surface area contributed by atoms with Crippen LogP contribution in [0.3, 0.4) is 0 Å². The van der Waals surface area contributed by atoms with Crippen LogP contribution in [-0.4, -0.2) is 4.98 Å². The maximum Gasteiger partial charge on any atom is 0.0773 e. The van der Waals surface area contributed by atoms with Crippen molar-refractivity contribution in [3.63, 3.8) is 0 Å². The third-order valence-electron chi connectivity index (χ3n) is 1.13. The van der Waals surface area contributed by atoms with Gasteiger partial charge in [0.25, 0.3) is 0 Å². The SMILES string of the molecule is Cc1c#ccnc1C. The zero-order valence-corrected chi connectivity index (χ0v) is 5.02. The molecule has 1 heterocycles. The summed E-state index contributed by atoms with van der Waals surface area (Å²) < 4.78 is 0. The van der Waals surface area contributed by atoms with Crippen LogP contribution in [0.15, 0.2) is 6.20 Å². The molecule has 0 atom stereocenters. The highest BCUT2D eigenvalue weighted by molar-refractivity contribution is 5.09. The first-order valence-electron chi connectivity index (χ1n) is 2.52. The van der Waals surface area contributed by atoms with E-state index < -0.39 is 0 Å². The largest absolute Gasteiger partial charge is 0.252 e. The average Bonchev–Trinajstić information content (AvgIpc) is 1.77. The molecule has 0 aromatic carbocycles. The van der Waals surface area contributed by atoms with Crippen molar-refractivity contribution in [2.24, 2.45) is 0 Å². The van der Waals surface area contributed by atoms with E-state index in [4.69, 9.17) is 0 Å². The predicted octanol–water partition coefficient (Wildman–Crippen LogP) is 1.30. The first kappa shape index (κ1) is 5.11. The molecule has 1 nitrogen and oxygen atoms in total. The second-order valence-electron chi connectivity index (χ2n) is 1.74. The minimum absolute atomic E-state index is 1.03. The summed E-state index contributed by atoms with van der Waals surface area (Å²) in [6.45, 7) is 3.93. The van der Waals surface area contributed by atoms with Crippen LogP contribution < -0.4 is 0 Å². The molecule has 0 saturated carbocycles. The molecule has 0 aliphatic carbocycles. The van der Waals surface area contributed by atoms with E-state index in [1.165, 1.54) is 0 Å². The van der Waals surface area contributed by atoms with Crippen molar-refractivity contribution in [2.75, 3.05) is 0 Å². The maximum atomic E-state index is 3.99. The molecule has 0 aliphatic heterocycles. The lowest BCUT2D eigenvalue weighted by molar-refractivity contribution is 1.16. The second kappa shape index (κ2) is 1.83. The van der Waals surface area contributed by atoms with Crippen molar-refractivity contribution in [1.82, 2.24) is 4.98 Å². The van der Waals surface area contributed by atoms with Crippen LogP contribution in [0, 0.1) is 26.0 Å². The summed E-state index contributed by atoms with van der Waals surface area (Å²) in [5.41, 5.74) is 2.11. The van der Waals surface area contributed by atoms with Crippen molar-refractivity contribution < 1.29 is 0 Å². The fourth-order valence-corrected chi connectivity index (χ4v) is 0.457. The van der Waals surface area contributed by atoms with Gasteiger partial charge >= 0.3 is 0 Å². The Kier molecular flexibility index (Phi) is 1.17. The molecule has 40 valence electrons. The van der Waals surface area contributed by atoms with E-state index in [-0.39, 0.29) is 0 Å². The quantitative estimate of drug-likeness (QED) is 0.484. The molecule has 0 fully saturated rings. The van der Waals surface area contributed by atoms with Crippen molar-refractivity contribution in [1.29, 1.82) is 0 Å². The number of nitrogens with zero attached hydrogens (tertiary/aromatic N) is 1. The van der Waals surface area contributed by atoms with Gasteiger partial charge in [0.15, 0.2) is 0 Å². The Morgan fingerprint density at radius 3 is 2.62 bits per heavy atom. The van der Waals surface area contributed by atoms with Gasteiger partial charge in [-0.3, -0.25) is 4.98 Å². The van der Waals surface area contributed by atoms with Crippen LogP contribution >= 0.6 is 0 Å². The smallest absolute Gasteiger partial charge is 0.0773 e. The van der Waals surface area contributed by atoms with E-state index in [0.29, 0.717) is 0 Å². The monoisotopic (exact) mass is 105 g/mol. The highest BCUT2D eigenvalue weighted by Crippen LogP contribution is 1.93. The van der Waals surface area contributed by atoms with Gasteiger partial charge in [0.05, 0.1) is 6.20 Å². The normalized spacial score (nSPS) is 8.25. The van der Waals surface area contributed by atoms with Crippen LogP contribution in [0.5, 0.6) is 0 Å². The van der Waals surface area contributed by atoms with Crippen molar-refractivity contribution in [3.8, 4) is 0 Å². The lowest BCUT2D eigenvalue weighted by Gasteiger charge is -1.87. The Morgan fingerprint density at radius 2 is 2.25 bits per heavy atom. The van der Waals surface area contributed by atoms with Gasteiger partial charge in [-0.05, 0) is 19.9 Å². The van der Waals surface area contributed by atoms with Crippen LogP contribution in [0.25, 0.3) is 0 Å². The Balaban J connectivity index is 3.13. The van der Waals surface area contributed by atoms with E-state index in [9.17, 15) is 0 Å². The second-order valence-corrected chi connectivity index (χ2v) is 1.74. The van der Waals surface area contributed by atoms with Gasteiger partial charge in [0.1, 0.15) is 0 Å². The van der Waals surface area contributed by atoms with E-state index in [0.717, 1.165) is 11.3 Å². The molecule has 0 N–H and O–H groups in total. The van der Waals surface area contributed by atoms with Crippen molar-refractivity contribution in [2.45, 2.75) is 13.8 Å². The van der Waals surface area contributed by atoms with Gasteiger partial charge in [-0.15, -0.1) is 0 Å². The Bertz CT molecular complexity index is 160. The molecule has 1 aromatic rings. The molecule has 0 radical (unpaired) electrons. The van der Waals surface area contributed by atoms with Gasteiger partial charge in [-0.2, -0.15) is 0 Å². The molecule has 8 heavy (non-hydrogen) atoms. The summed E-state index contributed by atoms with van der Waals surface area (Å²) in [5.74, 6) is 0. The van der Waals surface area contributed by atoms with Crippen molar-refractivity contribution >= 4 is 0 Å². The summed E-state index contributed by atoms with van der Waals surface area (Å²) >= 11 is 0. The highest BCUT2D eigenvalue weighted by Gasteiger charge is 1.84. The minimum atomic E-state index is 1.03. The van der Waals surface area contributed by atoms with E-state index in [1.54, 1.807) is 6.20 Å². The summed E-state index contributed by atoms with van der Waals surface area (Å²) in [4.78, 5) is 3.99. The molecule has 0 aliphatic rings. The van der Waals surface area contributed by atoms with E-state index >= 15 is 0 Å². The fourth-order valence-electron chi connectivity index (χ4n) is 0.457. The zero-order chi connectivity index (χ0) is 5.98. The van der Waals surface area contributed by atoms with E-state index in [2.05, 4.69) is 17.1 Å². The summed E-state index contributed by atoms with van der Waals surface area (Å²) in [5, 5.41) is 0. The molecular formula is C7H7N. The summed E-state index contributed by atoms with van der Waals surface area (Å²) in [7, 11) is 0. The standard InChI is InChI=1S/C7H7N/c1-6-4-3-5-8-7(6)2/h5H,1-2H3. The molecule has 1 aromatic heterocycles. The van der Waals surface area contributed by atoms with Gasteiger partial charge < -0.3 is 0 Å². The number of rotatable bonds is 0. The van der Waals surface area contributed by atoms with Gasteiger partial charge in [-0.25, -0.2) is 0 Å². The van der Waals surface area contributed by atoms with Crippen molar-refractivity contribution in [3.05, 3.63) is 29.6 Å². The molecule has 0 bridgehead atoms. The number of aromatic nitrogens is 1. The first-order valence-corrected chi connectivity index (χ1v) is 2.52.